The van der Waals surface area contributed by atoms with E-state index >= 15 is 0 Å². The van der Waals surface area contributed by atoms with Gasteiger partial charge in [-0.1, -0.05) is 0 Å². The van der Waals surface area contributed by atoms with Crippen molar-refractivity contribution >= 4 is 27.3 Å². The highest BCUT2D eigenvalue weighted by molar-refractivity contribution is 7.89. The largest absolute Gasteiger partial charge is 0.497 e. The fourth-order valence-corrected chi connectivity index (χ4v) is 4.55. The highest BCUT2D eigenvalue weighted by Crippen LogP contribution is 2.28. The lowest BCUT2D eigenvalue weighted by molar-refractivity contribution is -0.384. The van der Waals surface area contributed by atoms with Crippen LogP contribution in [0.1, 0.15) is 10.4 Å². The van der Waals surface area contributed by atoms with Gasteiger partial charge >= 0.3 is 0 Å². The minimum atomic E-state index is -3.77. The van der Waals surface area contributed by atoms with Crippen molar-refractivity contribution in [2.24, 2.45) is 0 Å². The van der Waals surface area contributed by atoms with Gasteiger partial charge in [0.1, 0.15) is 17.3 Å². The molecule has 1 saturated heterocycles. The summed E-state index contributed by atoms with van der Waals surface area (Å²) in [6.45, 7) is 0.0742. The molecule has 0 bridgehead atoms. The van der Waals surface area contributed by atoms with Crippen LogP contribution in [0.3, 0.4) is 0 Å². The minimum Gasteiger partial charge on any atom is -0.497 e. The van der Waals surface area contributed by atoms with Crippen molar-refractivity contribution in [2.75, 3.05) is 39.0 Å². The summed E-state index contributed by atoms with van der Waals surface area (Å²) < 4.78 is 45.6. The predicted molar refractivity (Wildman–Crippen MR) is 105 cm³/mol. The molecule has 0 unspecified atom stereocenters. The molecule has 30 heavy (non-hydrogen) atoms. The zero-order valence-corrected chi connectivity index (χ0v) is 16.8. The number of carbonyl (C=O) groups excluding carboxylic acids is 1. The quantitative estimate of drug-likeness (QED) is 0.424. The molecule has 2 aromatic carbocycles. The van der Waals surface area contributed by atoms with Crippen LogP contribution in [0.15, 0.2) is 41.3 Å². The number of benzene rings is 2. The van der Waals surface area contributed by atoms with E-state index in [0.717, 1.165) is 6.07 Å². The van der Waals surface area contributed by atoms with E-state index in [1.807, 2.05) is 0 Å². The summed E-state index contributed by atoms with van der Waals surface area (Å²) >= 11 is 0. The summed E-state index contributed by atoms with van der Waals surface area (Å²) in [6, 6.07) is 7.41. The van der Waals surface area contributed by atoms with Crippen LogP contribution in [-0.4, -0.2) is 61.7 Å². The maximum absolute atomic E-state index is 13.7. The van der Waals surface area contributed by atoms with Crippen LogP contribution in [0, 0.1) is 15.9 Å². The van der Waals surface area contributed by atoms with Gasteiger partial charge in [0.25, 0.3) is 11.6 Å². The Bertz CT molecular complexity index is 1080. The molecule has 1 aliphatic heterocycles. The minimum absolute atomic E-state index is 0.0113. The second kappa shape index (κ2) is 8.24. The Morgan fingerprint density at radius 3 is 2.30 bits per heavy atom. The third-order valence-electron chi connectivity index (χ3n) is 4.77. The van der Waals surface area contributed by atoms with Gasteiger partial charge < -0.3 is 15.4 Å². The number of nitrogens with zero attached hydrogens (tertiary/aromatic N) is 3. The average Bonchev–Trinajstić information content (AvgIpc) is 2.74. The number of rotatable bonds is 5. The molecule has 0 atom stereocenters. The van der Waals surface area contributed by atoms with Gasteiger partial charge in [0.15, 0.2) is 0 Å². The molecule has 160 valence electrons. The molecular formula is C18H19FN4O6S. The fourth-order valence-electron chi connectivity index (χ4n) is 3.13. The molecule has 2 aromatic rings. The number of amides is 1. The Morgan fingerprint density at radius 1 is 1.17 bits per heavy atom. The van der Waals surface area contributed by atoms with Gasteiger partial charge in [-0.25, -0.2) is 12.8 Å². The number of nitro benzene ring substituents is 1. The molecule has 3 rings (SSSR count). The summed E-state index contributed by atoms with van der Waals surface area (Å²) in [4.78, 5) is 24.2. The van der Waals surface area contributed by atoms with Crippen LogP contribution in [-0.2, 0) is 10.0 Å². The maximum atomic E-state index is 13.7. The summed E-state index contributed by atoms with van der Waals surface area (Å²) in [6.07, 6.45) is 0. The highest BCUT2D eigenvalue weighted by Gasteiger charge is 2.32. The molecule has 12 heteroatoms. The Hall–Kier alpha value is -3.25. The first-order valence-corrected chi connectivity index (χ1v) is 10.3. The maximum Gasteiger partial charge on any atom is 0.295 e. The number of halogens is 1. The number of nitro groups is 1. The Kier molecular flexibility index (Phi) is 5.89. The molecule has 0 aliphatic carbocycles. The van der Waals surface area contributed by atoms with E-state index in [9.17, 15) is 27.7 Å². The van der Waals surface area contributed by atoms with Gasteiger partial charge in [0.2, 0.25) is 10.0 Å². The lowest BCUT2D eigenvalue weighted by Gasteiger charge is -2.34. The molecule has 1 aliphatic rings. The first kappa shape index (κ1) is 21.5. The number of nitrogen functional groups attached to an aromatic ring is 1. The third-order valence-corrected chi connectivity index (χ3v) is 6.69. The molecule has 1 amide bonds. The third kappa shape index (κ3) is 4.04. The van der Waals surface area contributed by atoms with Crippen LogP contribution in [0.25, 0.3) is 0 Å². The van der Waals surface area contributed by atoms with Gasteiger partial charge in [-0.2, -0.15) is 4.31 Å². The van der Waals surface area contributed by atoms with Crippen LogP contribution in [0.5, 0.6) is 5.75 Å². The van der Waals surface area contributed by atoms with Gasteiger partial charge in [-0.3, -0.25) is 14.9 Å². The van der Waals surface area contributed by atoms with Crippen molar-refractivity contribution < 1.29 is 27.3 Å². The first-order valence-electron chi connectivity index (χ1n) is 8.82. The topological polar surface area (TPSA) is 136 Å². The van der Waals surface area contributed by atoms with E-state index in [1.54, 1.807) is 0 Å². The summed E-state index contributed by atoms with van der Waals surface area (Å²) in [5.74, 6) is -1.14. The average molecular weight is 438 g/mol. The fraction of sp³-hybridized carbons (Fsp3) is 0.278. The second-order valence-corrected chi connectivity index (χ2v) is 8.45. The van der Waals surface area contributed by atoms with E-state index in [1.165, 1.54) is 40.6 Å². The molecule has 0 saturated carbocycles. The molecule has 0 radical (unpaired) electrons. The number of hydrogen-bond donors (Lipinski definition) is 1. The van der Waals surface area contributed by atoms with E-state index in [-0.39, 0.29) is 36.6 Å². The Labute approximate surface area is 171 Å². The van der Waals surface area contributed by atoms with Gasteiger partial charge in [-0.15, -0.1) is 0 Å². The van der Waals surface area contributed by atoms with Crippen LogP contribution < -0.4 is 10.5 Å². The summed E-state index contributed by atoms with van der Waals surface area (Å²) in [5, 5.41) is 11.0. The van der Waals surface area contributed by atoms with Crippen LogP contribution >= 0.6 is 0 Å². The van der Waals surface area contributed by atoms with Gasteiger partial charge in [0, 0.05) is 26.2 Å². The van der Waals surface area contributed by atoms with Gasteiger partial charge in [-0.05, 0) is 30.3 Å². The summed E-state index contributed by atoms with van der Waals surface area (Å²) in [7, 11) is -2.30. The van der Waals surface area contributed by atoms with E-state index in [0.29, 0.717) is 11.8 Å². The first-order chi connectivity index (χ1) is 14.1. The van der Waals surface area contributed by atoms with Crippen molar-refractivity contribution in [3.63, 3.8) is 0 Å². The van der Waals surface area contributed by atoms with E-state index in [4.69, 9.17) is 10.5 Å². The number of methoxy groups -OCH3 is 1. The van der Waals surface area contributed by atoms with Crippen LogP contribution in [0.4, 0.5) is 15.8 Å². The number of piperazine rings is 1. The van der Waals surface area contributed by atoms with Crippen molar-refractivity contribution in [2.45, 2.75) is 4.90 Å². The smallest absolute Gasteiger partial charge is 0.295 e. The second-order valence-electron chi connectivity index (χ2n) is 6.52. The van der Waals surface area contributed by atoms with Crippen molar-refractivity contribution in [1.82, 2.24) is 9.21 Å². The zero-order chi connectivity index (χ0) is 22.1. The number of ether oxygens (including phenoxy) is 1. The monoisotopic (exact) mass is 438 g/mol. The van der Waals surface area contributed by atoms with E-state index in [2.05, 4.69) is 0 Å². The number of anilines is 1. The van der Waals surface area contributed by atoms with Crippen molar-refractivity contribution in [1.29, 1.82) is 0 Å². The molecule has 1 heterocycles. The standard InChI is InChI=1S/C18H19FN4O6S/c1-29-13-2-4-14(5-3-13)30(27,28)22-8-6-21(7-9-22)18(24)15-10-12(19)11-16(17(15)20)23(25)26/h2-5,10-11H,6-9,20H2,1H3. The molecule has 2 N–H and O–H groups in total. The lowest BCUT2D eigenvalue weighted by Crippen LogP contribution is -2.50. The molecular weight excluding hydrogens is 419 g/mol. The van der Waals surface area contributed by atoms with Crippen molar-refractivity contribution in [3.8, 4) is 5.75 Å². The normalized spacial score (nSPS) is 15.1. The van der Waals surface area contributed by atoms with Crippen LogP contribution in [0.2, 0.25) is 0 Å². The molecule has 10 nitrogen and oxygen atoms in total. The number of sulfonamides is 1. The predicted octanol–water partition coefficient (Wildman–Crippen LogP) is 1.47. The Balaban J connectivity index is 1.75. The number of nitrogens with two attached hydrogens (primary N) is 1. The van der Waals surface area contributed by atoms with Gasteiger partial charge in [0.05, 0.1) is 28.6 Å². The lowest BCUT2D eigenvalue weighted by atomic mass is 10.1. The SMILES string of the molecule is COc1ccc(S(=O)(=O)N2CCN(C(=O)c3cc(F)cc([N+](=O)[O-])c3N)CC2)cc1. The zero-order valence-electron chi connectivity index (χ0n) is 15.9. The molecule has 1 fully saturated rings. The number of hydrogen-bond acceptors (Lipinski definition) is 7. The van der Waals surface area contributed by atoms with Crippen molar-refractivity contribution in [3.05, 3.63) is 57.9 Å². The Morgan fingerprint density at radius 2 is 1.77 bits per heavy atom. The molecule has 0 spiro atoms. The van der Waals surface area contributed by atoms with E-state index < -0.39 is 38.0 Å². The number of carbonyl (C=O) groups is 1. The summed E-state index contributed by atoms with van der Waals surface area (Å²) in [5.41, 5.74) is 4.23. The molecule has 0 aromatic heterocycles. The highest BCUT2D eigenvalue weighted by atomic mass is 32.2.